The number of aromatic amines is 1. The number of aryl methyl sites for hydroxylation is 2. The molecular formula is C54H51BrCl2F6N8O10. The molecule has 81 heavy (non-hydrogen) atoms. The number of ketones is 2. The van der Waals surface area contributed by atoms with Crippen molar-refractivity contribution in [2.75, 3.05) is 18.5 Å². The van der Waals surface area contributed by atoms with Gasteiger partial charge in [0.05, 0.1) is 19.7 Å². The van der Waals surface area contributed by atoms with Gasteiger partial charge in [-0.15, -0.1) is 26.3 Å². The Hall–Kier alpha value is -7.32. The van der Waals surface area contributed by atoms with E-state index in [-0.39, 0.29) is 71.0 Å². The lowest BCUT2D eigenvalue weighted by atomic mass is 10.1. The number of aromatic nitrogens is 8. The Morgan fingerprint density at radius 1 is 0.704 bits per heavy atom. The molecule has 1 atom stereocenters. The van der Waals surface area contributed by atoms with Crippen LogP contribution in [0.4, 0.5) is 26.3 Å². The predicted molar refractivity (Wildman–Crippen MR) is 292 cm³/mol. The zero-order chi connectivity index (χ0) is 58.8. The number of unbranched alkanes of at least 4 members (excludes halogenated alkanes) is 1. The highest BCUT2D eigenvalue weighted by Crippen LogP contribution is 2.28. The Kier molecular flexibility index (Phi) is 20.4. The number of H-pyrrole nitrogens is 1. The third kappa shape index (κ3) is 15.8. The van der Waals surface area contributed by atoms with Crippen molar-refractivity contribution in [2.24, 2.45) is 14.1 Å². The summed E-state index contributed by atoms with van der Waals surface area (Å²) in [6.45, 7) is 3.83. The van der Waals surface area contributed by atoms with Crippen molar-refractivity contribution < 1.29 is 54.9 Å². The van der Waals surface area contributed by atoms with Crippen molar-refractivity contribution >= 4 is 73.0 Å². The van der Waals surface area contributed by atoms with Gasteiger partial charge >= 0.3 is 24.1 Å². The van der Waals surface area contributed by atoms with Crippen LogP contribution in [0, 0.1) is 0 Å². The number of benzene rings is 4. The van der Waals surface area contributed by atoms with Gasteiger partial charge in [0.2, 0.25) is 11.6 Å². The highest BCUT2D eigenvalue weighted by atomic mass is 79.9. The first kappa shape index (κ1) is 61.3. The minimum atomic E-state index is -4.94. The second kappa shape index (κ2) is 27.0. The lowest BCUT2D eigenvalue weighted by Crippen LogP contribution is -2.39. The second-order valence-electron chi connectivity index (χ2n) is 18.1. The maximum atomic E-state index is 13.5. The van der Waals surface area contributed by atoms with E-state index < -0.39 is 58.3 Å². The van der Waals surface area contributed by atoms with Gasteiger partial charge in [-0.1, -0.05) is 101 Å². The number of carbonyl (C=O) groups excluding carboxylic acids is 2. The van der Waals surface area contributed by atoms with Gasteiger partial charge in [-0.25, -0.2) is 19.6 Å². The summed E-state index contributed by atoms with van der Waals surface area (Å²) in [4.78, 5) is 88.4. The summed E-state index contributed by atoms with van der Waals surface area (Å²) in [6, 6.07) is 22.4. The number of alkyl halides is 7. The van der Waals surface area contributed by atoms with Gasteiger partial charge < -0.3 is 28.1 Å². The molecular weight excluding hydrogens is 1190 g/mol. The Morgan fingerprint density at radius 3 is 1.68 bits per heavy atom. The number of carbonyl (C=O) groups is 2. The summed E-state index contributed by atoms with van der Waals surface area (Å²) < 4.78 is 101. The average Bonchev–Trinajstić information content (AvgIpc) is 4.11. The van der Waals surface area contributed by atoms with Crippen LogP contribution in [-0.4, -0.2) is 86.9 Å². The number of nitrogens with one attached hydrogen (secondary N) is 1. The fraction of sp³-hybridized carbons (Fsp3) is 0.333. The van der Waals surface area contributed by atoms with E-state index in [1.165, 1.54) is 64.9 Å². The standard InChI is InChI=1S/C25H22ClF3N4O4.C21H14ClF3N4O4.C8H15BrO2/c1-3-4-12-32-23(35)19-21(31(2)24(32)36)30-22(33(19)14-15-8-10-17(26)11-9-15)20(34)16-6-5-7-18(13-16)37-25(27,28)29;1-28-17-15(19(31)27-20(28)32)29(10-11-5-7-13(22)8-6-11)18(26-17)16(30)12-3-2-4-14(9-12)33-21(23,24)25;9-5-3-7-11-8-4-1-2-6-10-8/h5-11,13H,3-4,12,14H2,1-2H3;2-9H,10H2,1H3,(H,27,31,32);8H,1-7H2. The molecule has 0 spiro atoms. The highest BCUT2D eigenvalue weighted by molar-refractivity contribution is 9.09. The minimum Gasteiger partial charge on any atom is -0.406 e. The van der Waals surface area contributed by atoms with E-state index in [1.54, 1.807) is 48.5 Å². The summed E-state index contributed by atoms with van der Waals surface area (Å²) in [7, 11) is 2.81. The SMILES string of the molecule is BrCCCOC1CCCCO1.CCCCn1c(=O)c2c(nc(C(=O)c3cccc(OC(F)(F)F)c3)n2Cc2ccc(Cl)cc2)n(C)c1=O.Cn1c(=O)[nH]c(=O)c2c1nc(C(=O)c1cccc(OC(F)(F)F)c1)n2Cc1ccc(Cl)cc1. The zero-order valence-corrected chi connectivity index (χ0v) is 46.5. The van der Waals surface area contributed by atoms with Gasteiger partial charge in [-0.2, -0.15) is 0 Å². The van der Waals surface area contributed by atoms with Crippen LogP contribution >= 0.6 is 39.1 Å². The number of nitrogens with zero attached hydrogens (tertiary/aromatic N) is 7. The molecule has 18 nitrogen and oxygen atoms in total. The molecule has 430 valence electrons. The van der Waals surface area contributed by atoms with Crippen LogP contribution in [0.1, 0.15) is 88.9 Å². The van der Waals surface area contributed by atoms with Crippen molar-refractivity contribution in [2.45, 2.75) is 84.1 Å². The minimum absolute atomic E-state index is 0.00870. The number of hydrogen-bond donors (Lipinski definition) is 1. The summed E-state index contributed by atoms with van der Waals surface area (Å²) in [5.41, 5.74) is -1.70. The fourth-order valence-corrected chi connectivity index (χ4v) is 8.84. The molecule has 4 aromatic heterocycles. The molecule has 1 fully saturated rings. The average molecular weight is 1240 g/mol. The van der Waals surface area contributed by atoms with Gasteiger partial charge in [-0.05, 0) is 91.8 Å². The predicted octanol–water partition coefficient (Wildman–Crippen LogP) is 10.1. The monoisotopic (exact) mass is 1230 g/mol. The second-order valence-corrected chi connectivity index (χ2v) is 19.8. The highest BCUT2D eigenvalue weighted by Gasteiger charge is 2.33. The molecule has 8 aromatic rings. The molecule has 9 rings (SSSR count). The van der Waals surface area contributed by atoms with E-state index in [4.69, 9.17) is 32.7 Å². The van der Waals surface area contributed by atoms with Crippen molar-refractivity contribution in [3.63, 3.8) is 0 Å². The molecule has 4 aromatic carbocycles. The first-order valence-electron chi connectivity index (χ1n) is 25.0. The third-order valence-corrected chi connectivity index (χ3v) is 13.3. The summed E-state index contributed by atoms with van der Waals surface area (Å²) in [5.74, 6) is -3.12. The van der Waals surface area contributed by atoms with E-state index in [0.29, 0.717) is 27.6 Å². The maximum absolute atomic E-state index is 13.5. The van der Waals surface area contributed by atoms with Gasteiger partial charge in [0, 0.05) is 53.7 Å². The number of hydrogen-bond acceptors (Lipinski definition) is 12. The van der Waals surface area contributed by atoms with Crippen LogP contribution in [0.15, 0.2) is 116 Å². The van der Waals surface area contributed by atoms with Crippen molar-refractivity contribution in [1.82, 2.24) is 37.8 Å². The smallest absolute Gasteiger partial charge is 0.406 e. The Morgan fingerprint density at radius 2 is 1.21 bits per heavy atom. The van der Waals surface area contributed by atoms with Crippen LogP contribution < -0.4 is 32.0 Å². The normalized spacial score (nSPS) is 13.6. The van der Waals surface area contributed by atoms with Crippen LogP contribution in [-0.2, 0) is 43.2 Å². The number of fused-ring (bicyclic) bond motifs is 2. The molecule has 1 aliphatic heterocycles. The van der Waals surface area contributed by atoms with E-state index in [9.17, 15) is 55.1 Å². The number of rotatable bonds is 17. The van der Waals surface area contributed by atoms with E-state index in [0.717, 1.165) is 71.2 Å². The summed E-state index contributed by atoms with van der Waals surface area (Å²) in [6.07, 6.45) is -3.87. The number of imidazole rings is 2. The molecule has 0 bridgehead atoms. The Bertz CT molecular complexity index is 3780. The largest absolute Gasteiger partial charge is 0.573 e. The molecule has 1 aliphatic rings. The van der Waals surface area contributed by atoms with Gasteiger partial charge in [0.25, 0.3) is 11.1 Å². The third-order valence-electron chi connectivity index (χ3n) is 12.3. The summed E-state index contributed by atoms with van der Waals surface area (Å²) >= 11 is 15.3. The first-order chi connectivity index (χ1) is 38.5. The fourth-order valence-electron chi connectivity index (χ4n) is 8.36. The van der Waals surface area contributed by atoms with Crippen molar-refractivity contribution in [3.8, 4) is 11.5 Å². The van der Waals surface area contributed by atoms with E-state index in [1.807, 2.05) is 6.92 Å². The molecule has 5 heterocycles. The van der Waals surface area contributed by atoms with Crippen LogP contribution in [0.2, 0.25) is 10.0 Å². The van der Waals surface area contributed by atoms with Crippen LogP contribution in [0.25, 0.3) is 22.3 Å². The molecule has 0 aliphatic carbocycles. The first-order valence-corrected chi connectivity index (χ1v) is 26.8. The topological polar surface area (TPSA) is 206 Å². The molecule has 0 amide bonds. The number of halogens is 9. The van der Waals surface area contributed by atoms with Crippen molar-refractivity contribution in [1.29, 1.82) is 0 Å². The molecule has 1 N–H and O–H groups in total. The van der Waals surface area contributed by atoms with Gasteiger partial charge in [0.1, 0.15) is 11.5 Å². The Labute approximate surface area is 474 Å². The van der Waals surface area contributed by atoms with Crippen LogP contribution in [0.3, 0.4) is 0 Å². The summed E-state index contributed by atoms with van der Waals surface area (Å²) in [5, 5.41) is 1.98. The lowest BCUT2D eigenvalue weighted by Gasteiger charge is -2.22. The van der Waals surface area contributed by atoms with Crippen molar-refractivity contribution in [3.05, 3.63) is 183 Å². The Balaban J connectivity index is 0.000000198. The molecule has 0 saturated carbocycles. The quantitative estimate of drug-likeness (QED) is 0.0391. The molecule has 27 heteroatoms. The zero-order valence-electron chi connectivity index (χ0n) is 43.4. The molecule has 1 unspecified atom stereocenters. The molecule has 1 saturated heterocycles. The lowest BCUT2D eigenvalue weighted by molar-refractivity contribution is -0.275. The number of ether oxygens (including phenoxy) is 4. The van der Waals surface area contributed by atoms with Crippen LogP contribution in [0.5, 0.6) is 11.5 Å². The van der Waals surface area contributed by atoms with E-state index in [2.05, 4.69) is 40.4 Å². The van der Waals surface area contributed by atoms with Gasteiger partial charge in [-0.3, -0.25) is 37.9 Å². The molecule has 0 radical (unpaired) electrons. The van der Waals surface area contributed by atoms with Gasteiger partial charge in [0.15, 0.2) is 40.3 Å². The van der Waals surface area contributed by atoms with E-state index >= 15 is 0 Å². The maximum Gasteiger partial charge on any atom is 0.573 e.